The van der Waals surface area contributed by atoms with Crippen molar-refractivity contribution in [3.63, 3.8) is 0 Å². The van der Waals surface area contributed by atoms with E-state index in [1.165, 1.54) is 11.3 Å². The lowest BCUT2D eigenvalue weighted by Crippen LogP contribution is -2.41. The van der Waals surface area contributed by atoms with Crippen molar-refractivity contribution >= 4 is 22.2 Å². The van der Waals surface area contributed by atoms with Gasteiger partial charge in [0.05, 0.1) is 18.2 Å². The third-order valence-corrected chi connectivity index (χ3v) is 4.98. The Kier molecular flexibility index (Phi) is 5.34. The largest absolute Gasteiger partial charge is 0.377 e. The Labute approximate surface area is 129 Å². The summed E-state index contributed by atoms with van der Waals surface area (Å²) in [6.45, 7) is 6.92. The number of hydrogen-bond acceptors (Lipinski definition) is 5. The molecular formula is C15H21N3O2S. The highest BCUT2D eigenvalue weighted by atomic mass is 32.1. The molecule has 1 saturated heterocycles. The van der Waals surface area contributed by atoms with Crippen LogP contribution in [0.1, 0.15) is 35.8 Å². The van der Waals surface area contributed by atoms with E-state index in [0.29, 0.717) is 10.6 Å². The van der Waals surface area contributed by atoms with Gasteiger partial charge >= 0.3 is 0 Å². The normalized spacial score (nSPS) is 19.2. The van der Waals surface area contributed by atoms with Gasteiger partial charge in [0.15, 0.2) is 0 Å². The van der Waals surface area contributed by atoms with E-state index in [1.54, 1.807) is 0 Å². The molecule has 0 aliphatic carbocycles. The van der Waals surface area contributed by atoms with E-state index in [9.17, 15) is 4.79 Å². The number of hydrogen-bond donors (Lipinski definition) is 2. The summed E-state index contributed by atoms with van der Waals surface area (Å²) < 4.78 is 5.59. The molecule has 6 heteroatoms. The fraction of sp³-hybridized carbons (Fsp3) is 0.600. The summed E-state index contributed by atoms with van der Waals surface area (Å²) >= 11 is 1.45. The number of ether oxygens (including phenoxy) is 1. The lowest BCUT2D eigenvalue weighted by Gasteiger charge is -2.19. The van der Waals surface area contributed by atoms with Gasteiger partial charge in [0.25, 0.3) is 0 Å². The van der Waals surface area contributed by atoms with Gasteiger partial charge in [0.2, 0.25) is 5.91 Å². The Hall–Kier alpha value is -1.42. The second-order valence-corrected chi connectivity index (χ2v) is 6.59. The first-order chi connectivity index (χ1) is 10.0. The van der Waals surface area contributed by atoms with E-state index < -0.39 is 0 Å². The summed E-state index contributed by atoms with van der Waals surface area (Å²) in [5, 5.41) is 15.8. The molecule has 2 rings (SSSR count). The topological polar surface area (TPSA) is 74.2 Å². The Balaban J connectivity index is 1.87. The van der Waals surface area contributed by atoms with E-state index in [-0.39, 0.29) is 24.6 Å². The highest BCUT2D eigenvalue weighted by Crippen LogP contribution is 2.31. The molecule has 2 unspecified atom stereocenters. The average Bonchev–Trinajstić information content (AvgIpc) is 3.06. The molecule has 1 aromatic rings. The smallest absolute Gasteiger partial charge is 0.238 e. The van der Waals surface area contributed by atoms with Gasteiger partial charge in [0, 0.05) is 17.5 Å². The van der Waals surface area contributed by atoms with Crippen molar-refractivity contribution in [2.24, 2.45) is 0 Å². The summed E-state index contributed by atoms with van der Waals surface area (Å²) in [4.78, 5) is 13.1. The molecule has 0 aromatic carbocycles. The Morgan fingerprint density at radius 1 is 1.57 bits per heavy atom. The molecule has 0 saturated carbocycles. The molecule has 0 bridgehead atoms. The Morgan fingerprint density at radius 2 is 2.33 bits per heavy atom. The van der Waals surface area contributed by atoms with E-state index >= 15 is 0 Å². The number of carbonyl (C=O) groups excluding carboxylic acids is 1. The molecule has 0 spiro atoms. The molecular weight excluding hydrogens is 286 g/mol. The van der Waals surface area contributed by atoms with E-state index in [4.69, 9.17) is 10.00 Å². The van der Waals surface area contributed by atoms with Crippen LogP contribution in [0.3, 0.4) is 0 Å². The maximum absolute atomic E-state index is 12.0. The van der Waals surface area contributed by atoms with E-state index in [2.05, 4.69) is 16.7 Å². The summed E-state index contributed by atoms with van der Waals surface area (Å²) in [6.07, 6.45) is 2.32. The zero-order valence-corrected chi connectivity index (χ0v) is 13.5. The second-order valence-electron chi connectivity index (χ2n) is 5.37. The first-order valence-corrected chi connectivity index (χ1v) is 7.99. The fourth-order valence-corrected chi connectivity index (χ4v) is 3.43. The van der Waals surface area contributed by atoms with E-state index in [0.717, 1.165) is 29.9 Å². The van der Waals surface area contributed by atoms with Crippen LogP contribution >= 0.6 is 11.3 Å². The number of aryl methyl sites for hydroxylation is 1. The predicted molar refractivity (Wildman–Crippen MR) is 83.6 cm³/mol. The van der Waals surface area contributed by atoms with Crippen molar-refractivity contribution in [3.05, 3.63) is 16.0 Å². The number of rotatable bonds is 5. The monoisotopic (exact) mass is 307 g/mol. The van der Waals surface area contributed by atoms with Crippen LogP contribution in [0.25, 0.3) is 0 Å². The summed E-state index contributed by atoms with van der Waals surface area (Å²) in [5.74, 6) is -0.127. The number of carbonyl (C=O) groups is 1. The van der Waals surface area contributed by atoms with Crippen molar-refractivity contribution in [1.29, 1.82) is 5.26 Å². The first kappa shape index (κ1) is 16.0. The van der Waals surface area contributed by atoms with Gasteiger partial charge < -0.3 is 15.4 Å². The average molecular weight is 307 g/mol. The van der Waals surface area contributed by atoms with Crippen LogP contribution in [0.15, 0.2) is 0 Å². The van der Waals surface area contributed by atoms with Crippen LogP contribution < -0.4 is 10.6 Å². The minimum atomic E-state index is -0.127. The number of nitrogens with zero attached hydrogens (tertiary/aromatic N) is 1. The van der Waals surface area contributed by atoms with Crippen LogP contribution in [0, 0.1) is 25.2 Å². The quantitative estimate of drug-likeness (QED) is 0.875. The third-order valence-electron chi connectivity index (χ3n) is 3.86. The standard InChI is InChI=1S/C15H21N3O2S/c1-9-11(3)21-15(12(9)7-16)18-14(19)8-17-10(2)13-5-4-6-20-13/h10,13,17H,4-6,8H2,1-3H3,(H,18,19). The third kappa shape index (κ3) is 3.82. The van der Waals surface area contributed by atoms with Crippen LogP contribution in [0.4, 0.5) is 5.00 Å². The highest BCUT2D eigenvalue weighted by molar-refractivity contribution is 7.16. The number of thiophene rings is 1. The molecule has 114 valence electrons. The van der Waals surface area contributed by atoms with Gasteiger partial charge in [-0.25, -0.2) is 0 Å². The van der Waals surface area contributed by atoms with Crippen LogP contribution in [-0.4, -0.2) is 31.2 Å². The Bertz CT molecular complexity index is 556. The molecule has 21 heavy (non-hydrogen) atoms. The molecule has 1 fully saturated rings. The Morgan fingerprint density at radius 3 is 2.95 bits per heavy atom. The number of nitrogens with one attached hydrogen (secondary N) is 2. The zero-order chi connectivity index (χ0) is 15.4. The lowest BCUT2D eigenvalue weighted by atomic mass is 10.1. The summed E-state index contributed by atoms with van der Waals surface area (Å²) in [5.41, 5.74) is 1.51. The minimum absolute atomic E-state index is 0.127. The predicted octanol–water partition coefficient (Wildman–Crippen LogP) is 2.33. The summed E-state index contributed by atoms with van der Waals surface area (Å²) in [6, 6.07) is 2.31. The zero-order valence-electron chi connectivity index (χ0n) is 12.7. The van der Waals surface area contributed by atoms with Gasteiger partial charge in [-0.2, -0.15) is 5.26 Å². The summed E-state index contributed by atoms with van der Waals surface area (Å²) in [7, 11) is 0. The van der Waals surface area contributed by atoms with Crippen molar-refractivity contribution < 1.29 is 9.53 Å². The molecule has 2 atom stereocenters. The molecule has 1 aliphatic rings. The van der Waals surface area contributed by atoms with E-state index in [1.807, 2.05) is 20.8 Å². The minimum Gasteiger partial charge on any atom is -0.377 e. The van der Waals surface area contributed by atoms with Gasteiger partial charge in [0.1, 0.15) is 11.1 Å². The van der Waals surface area contributed by atoms with Gasteiger partial charge in [-0.3, -0.25) is 4.79 Å². The SMILES string of the molecule is Cc1sc(NC(=O)CNC(C)C2CCCO2)c(C#N)c1C. The van der Waals surface area contributed by atoms with Gasteiger partial charge in [-0.15, -0.1) is 11.3 Å². The molecule has 5 nitrogen and oxygen atoms in total. The van der Waals surface area contributed by atoms with Gasteiger partial charge in [-0.05, 0) is 39.2 Å². The molecule has 1 aromatic heterocycles. The first-order valence-electron chi connectivity index (χ1n) is 7.18. The highest BCUT2D eigenvalue weighted by Gasteiger charge is 2.22. The molecule has 1 aliphatic heterocycles. The second kappa shape index (κ2) is 7.03. The lowest BCUT2D eigenvalue weighted by molar-refractivity contribution is -0.115. The van der Waals surface area contributed by atoms with Crippen molar-refractivity contribution in [1.82, 2.24) is 5.32 Å². The van der Waals surface area contributed by atoms with Crippen molar-refractivity contribution in [2.75, 3.05) is 18.5 Å². The van der Waals surface area contributed by atoms with Crippen molar-refractivity contribution in [3.8, 4) is 6.07 Å². The number of amides is 1. The van der Waals surface area contributed by atoms with Crippen LogP contribution in [-0.2, 0) is 9.53 Å². The van der Waals surface area contributed by atoms with Crippen LogP contribution in [0.2, 0.25) is 0 Å². The van der Waals surface area contributed by atoms with Crippen LogP contribution in [0.5, 0.6) is 0 Å². The fourth-order valence-electron chi connectivity index (χ4n) is 2.40. The maximum Gasteiger partial charge on any atom is 0.238 e. The molecule has 2 N–H and O–H groups in total. The molecule has 1 amide bonds. The molecule has 2 heterocycles. The molecule has 0 radical (unpaired) electrons. The van der Waals surface area contributed by atoms with Crippen molar-refractivity contribution in [2.45, 2.75) is 45.8 Å². The van der Waals surface area contributed by atoms with Gasteiger partial charge in [-0.1, -0.05) is 0 Å². The number of anilines is 1. The number of nitriles is 1. The maximum atomic E-state index is 12.0.